The maximum atomic E-state index is 13.6. The number of hydrogen-bond donors (Lipinski definition) is 1. The van der Waals surface area contributed by atoms with Crippen LogP contribution >= 0.6 is 0 Å². The van der Waals surface area contributed by atoms with Crippen LogP contribution < -0.4 is 11.0 Å². The van der Waals surface area contributed by atoms with Gasteiger partial charge in [0.1, 0.15) is 0 Å². The van der Waals surface area contributed by atoms with Gasteiger partial charge in [0.15, 0.2) is 0 Å². The molecule has 0 aliphatic carbocycles. The van der Waals surface area contributed by atoms with Crippen molar-refractivity contribution in [2.45, 2.75) is 13.8 Å². The zero-order chi connectivity index (χ0) is 20.0. The van der Waals surface area contributed by atoms with Crippen LogP contribution in [-0.2, 0) is 0 Å². The van der Waals surface area contributed by atoms with Crippen LogP contribution in [0.15, 0.2) is 77.6 Å². The molecular weight excluding hydrogens is 362 g/mol. The van der Waals surface area contributed by atoms with Crippen LogP contribution in [0.25, 0.3) is 22.5 Å². The normalized spacial score (nSPS) is 11.2. The second kappa shape index (κ2) is 6.60. The Balaban J connectivity index is 1.80. The molecule has 2 heterocycles. The number of rotatable bonds is 3. The molecule has 1 N–H and O–H groups in total. The summed E-state index contributed by atoms with van der Waals surface area (Å²) in [6, 6.07) is 23.3. The third-order valence-electron chi connectivity index (χ3n) is 4.94. The first-order valence-corrected chi connectivity index (χ1v) is 9.41. The van der Waals surface area contributed by atoms with E-state index in [1.54, 1.807) is 8.97 Å². The highest BCUT2D eigenvalue weighted by molar-refractivity contribution is 5.79. The molecule has 6 nitrogen and oxygen atoms in total. The number of benzene rings is 3. The van der Waals surface area contributed by atoms with Gasteiger partial charge in [-0.3, -0.25) is 0 Å². The van der Waals surface area contributed by atoms with E-state index in [0.717, 1.165) is 33.5 Å². The predicted octanol–water partition coefficient (Wildman–Crippen LogP) is 4.39. The molecule has 0 aliphatic heterocycles. The molecule has 0 saturated carbocycles. The number of nitrogens with one attached hydrogen (secondary N) is 1. The van der Waals surface area contributed by atoms with Gasteiger partial charge in [-0.05, 0) is 50.2 Å². The van der Waals surface area contributed by atoms with Gasteiger partial charge in [-0.1, -0.05) is 47.5 Å². The molecule has 0 radical (unpaired) electrons. The Kier molecular flexibility index (Phi) is 3.91. The lowest BCUT2D eigenvalue weighted by Gasteiger charge is -2.14. The number of imidazole rings is 1. The van der Waals surface area contributed by atoms with E-state index in [1.165, 1.54) is 0 Å². The Bertz CT molecular complexity index is 1400. The number of aromatic nitrogens is 4. The second-order valence-electron chi connectivity index (χ2n) is 7.12. The van der Waals surface area contributed by atoms with Crippen molar-refractivity contribution >= 4 is 28.4 Å². The van der Waals surface area contributed by atoms with Crippen LogP contribution in [0.3, 0.4) is 0 Å². The second-order valence-corrected chi connectivity index (χ2v) is 7.12. The third-order valence-corrected chi connectivity index (χ3v) is 4.94. The van der Waals surface area contributed by atoms with E-state index in [-0.39, 0.29) is 5.69 Å². The van der Waals surface area contributed by atoms with Crippen molar-refractivity contribution in [2.75, 3.05) is 5.32 Å². The minimum atomic E-state index is -0.220. The highest BCUT2D eigenvalue weighted by Crippen LogP contribution is 2.21. The molecule has 3 aromatic carbocycles. The minimum Gasteiger partial charge on any atom is -0.325 e. The maximum absolute atomic E-state index is 13.6. The molecule has 0 aliphatic rings. The summed E-state index contributed by atoms with van der Waals surface area (Å²) in [5.74, 6) is 0.791. The minimum absolute atomic E-state index is 0.220. The molecule has 2 aromatic heterocycles. The van der Waals surface area contributed by atoms with Crippen LogP contribution in [0, 0.1) is 13.8 Å². The Labute approximate surface area is 167 Å². The molecule has 0 saturated heterocycles. The van der Waals surface area contributed by atoms with E-state index in [0.29, 0.717) is 11.7 Å². The highest BCUT2D eigenvalue weighted by atomic mass is 16.1. The lowest BCUT2D eigenvalue weighted by Crippen LogP contribution is -2.28. The van der Waals surface area contributed by atoms with E-state index in [2.05, 4.69) is 10.3 Å². The van der Waals surface area contributed by atoms with Crippen LogP contribution in [-0.4, -0.2) is 18.9 Å². The summed E-state index contributed by atoms with van der Waals surface area (Å²) in [5.41, 5.74) is 5.13. The van der Waals surface area contributed by atoms with Crippen LogP contribution in [0.4, 0.5) is 11.6 Å². The van der Waals surface area contributed by atoms with Gasteiger partial charge in [0, 0.05) is 5.69 Å². The molecule has 0 bridgehead atoms. The molecule has 29 heavy (non-hydrogen) atoms. The van der Waals surface area contributed by atoms with Crippen molar-refractivity contribution < 1.29 is 0 Å². The standard InChI is InChI=1S/C23H19N5O/c1-15-7-11-17(12-8-15)24-21-26-22-25-19-5-3-4-6-20(19)28(22)23(29)27(21)18-13-9-16(2)10-14-18/h3-14H,1-2H3,(H,24,25,26). The predicted molar refractivity (Wildman–Crippen MR) is 115 cm³/mol. The number of nitrogens with zero attached hydrogens (tertiary/aromatic N) is 4. The number of aryl methyl sites for hydroxylation is 2. The van der Waals surface area contributed by atoms with Gasteiger partial charge >= 0.3 is 5.69 Å². The van der Waals surface area contributed by atoms with Gasteiger partial charge in [-0.2, -0.15) is 4.98 Å². The first-order valence-electron chi connectivity index (χ1n) is 9.41. The van der Waals surface area contributed by atoms with E-state index in [4.69, 9.17) is 4.98 Å². The van der Waals surface area contributed by atoms with Crippen molar-refractivity contribution in [1.29, 1.82) is 0 Å². The average molecular weight is 381 g/mol. The van der Waals surface area contributed by atoms with E-state index >= 15 is 0 Å². The monoisotopic (exact) mass is 381 g/mol. The molecule has 5 aromatic rings. The number of anilines is 2. The van der Waals surface area contributed by atoms with Crippen LogP contribution in [0.2, 0.25) is 0 Å². The molecular formula is C23H19N5O. The van der Waals surface area contributed by atoms with Crippen LogP contribution in [0.1, 0.15) is 11.1 Å². The number of para-hydroxylation sites is 2. The largest absolute Gasteiger partial charge is 0.343 e. The zero-order valence-corrected chi connectivity index (χ0v) is 16.1. The summed E-state index contributed by atoms with van der Waals surface area (Å²) in [5, 5.41) is 3.29. The Hall–Kier alpha value is -3.93. The van der Waals surface area contributed by atoms with Crippen molar-refractivity contribution in [3.63, 3.8) is 0 Å². The van der Waals surface area contributed by atoms with Crippen molar-refractivity contribution in [2.24, 2.45) is 0 Å². The summed E-state index contributed by atoms with van der Waals surface area (Å²) >= 11 is 0. The first-order chi connectivity index (χ1) is 14.1. The van der Waals surface area contributed by atoms with Gasteiger partial charge in [0.25, 0.3) is 0 Å². The summed E-state index contributed by atoms with van der Waals surface area (Å²) in [7, 11) is 0. The first kappa shape index (κ1) is 17.2. The van der Waals surface area contributed by atoms with E-state index < -0.39 is 0 Å². The Morgan fingerprint density at radius 3 is 2.17 bits per heavy atom. The topological polar surface area (TPSA) is 64.2 Å². The maximum Gasteiger partial charge on any atom is 0.343 e. The summed E-state index contributed by atoms with van der Waals surface area (Å²) in [6.07, 6.45) is 0. The fourth-order valence-electron chi connectivity index (χ4n) is 3.39. The van der Waals surface area contributed by atoms with Crippen LogP contribution in [0.5, 0.6) is 0 Å². The summed E-state index contributed by atoms with van der Waals surface area (Å²) in [6.45, 7) is 4.05. The molecule has 0 atom stereocenters. The number of fused-ring (bicyclic) bond motifs is 3. The van der Waals surface area contributed by atoms with Crippen molar-refractivity contribution in [1.82, 2.24) is 18.9 Å². The lowest BCUT2D eigenvalue weighted by molar-refractivity contribution is 0.858. The van der Waals surface area contributed by atoms with Gasteiger partial charge in [-0.25, -0.2) is 18.7 Å². The fourth-order valence-corrected chi connectivity index (χ4v) is 3.39. The summed E-state index contributed by atoms with van der Waals surface area (Å²) in [4.78, 5) is 22.8. The molecule has 0 spiro atoms. The smallest absolute Gasteiger partial charge is 0.325 e. The molecule has 0 fully saturated rings. The molecule has 5 rings (SSSR count). The molecule has 0 unspecified atom stereocenters. The van der Waals surface area contributed by atoms with Gasteiger partial charge in [-0.15, -0.1) is 0 Å². The Morgan fingerprint density at radius 1 is 0.793 bits per heavy atom. The summed E-state index contributed by atoms with van der Waals surface area (Å²) < 4.78 is 3.13. The molecule has 0 amide bonds. The molecule has 6 heteroatoms. The van der Waals surface area contributed by atoms with E-state index in [1.807, 2.05) is 86.6 Å². The Morgan fingerprint density at radius 2 is 1.45 bits per heavy atom. The van der Waals surface area contributed by atoms with Crippen molar-refractivity contribution in [3.05, 3.63) is 94.4 Å². The fraction of sp³-hybridized carbons (Fsp3) is 0.0870. The highest BCUT2D eigenvalue weighted by Gasteiger charge is 2.16. The number of hydrogen-bond acceptors (Lipinski definition) is 4. The lowest BCUT2D eigenvalue weighted by atomic mass is 10.2. The average Bonchev–Trinajstić information content (AvgIpc) is 3.09. The van der Waals surface area contributed by atoms with Gasteiger partial charge in [0.05, 0.1) is 16.7 Å². The zero-order valence-electron chi connectivity index (χ0n) is 16.1. The van der Waals surface area contributed by atoms with Gasteiger partial charge < -0.3 is 5.32 Å². The quantitative estimate of drug-likeness (QED) is 0.503. The SMILES string of the molecule is Cc1ccc(Nc2nc3nc4ccccc4n3c(=O)n2-c2ccc(C)cc2)cc1. The molecule has 142 valence electrons. The van der Waals surface area contributed by atoms with Crippen molar-refractivity contribution in [3.8, 4) is 5.69 Å². The van der Waals surface area contributed by atoms with Gasteiger partial charge in [0.2, 0.25) is 11.7 Å². The third kappa shape index (κ3) is 2.95. The van der Waals surface area contributed by atoms with E-state index in [9.17, 15) is 4.79 Å².